The van der Waals surface area contributed by atoms with Crippen LogP contribution in [-0.4, -0.2) is 0 Å². The first-order chi connectivity index (χ1) is 45.1. The third-order valence-corrected chi connectivity index (χ3v) is 20.1. The molecule has 0 radical (unpaired) electrons. The van der Waals surface area contributed by atoms with Crippen molar-refractivity contribution in [2.75, 3.05) is 0 Å². The standard InChI is InChI=1S/C90H52O/c1-2-14-54(15-3-1)81-52-64(49-65-48-63(36-38-68(65)81)67-42-43-79-86-69-21-5-4-16-55(69)34-39-76(86)75-27-12-25-73(67)87(75)79)60-20-11-18-58(47-60)57-17-10-19-59(46-57)62-35-40-77-82(50-62)70-22-6-7-24-74(70)89-78-28-13-26-72-66(41-44-80(88(72)78)90(77)89)56-32-30-53(31-33-56)61-37-45-85-83(51-61)71-23-8-9-29-84(71)91-85/h1-52H. The minimum absolute atomic E-state index is 0.914. The van der Waals surface area contributed by atoms with Gasteiger partial charge in [0.15, 0.2) is 0 Å². The summed E-state index contributed by atoms with van der Waals surface area (Å²) in [4.78, 5) is 0. The minimum Gasteiger partial charge on any atom is -0.456 e. The second-order valence-corrected chi connectivity index (χ2v) is 24.9. The summed E-state index contributed by atoms with van der Waals surface area (Å²) in [5.41, 5.74) is 29.2. The van der Waals surface area contributed by atoms with E-state index in [1.165, 1.54) is 187 Å². The molecule has 0 saturated carbocycles. The molecule has 17 aromatic carbocycles. The van der Waals surface area contributed by atoms with Crippen molar-refractivity contribution in [3.63, 3.8) is 0 Å². The predicted molar refractivity (Wildman–Crippen MR) is 386 cm³/mol. The van der Waals surface area contributed by atoms with Gasteiger partial charge in [0.2, 0.25) is 0 Å². The highest BCUT2D eigenvalue weighted by atomic mass is 16.3. The van der Waals surface area contributed by atoms with Crippen molar-refractivity contribution in [2.24, 2.45) is 0 Å². The van der Waals surface area contributed by atoms with Crippen molar-refractivity contribution in [1.29, 1.82) is 0 Å². The monoisotopic (exact) mass is 1150 g/mol. The van der Waals surface area contributed by atoms with Gasteiger partial charge in [0.05, 0.1) is 0 Å². The molecule has 418 valence electrons. The van der Waals surface area contributed by atoms with Crippen molar-refractivity contribution in [2.45, 2.75) is 0 Å². The fourth-order valence-corrected chi connectivity index (χ4v) is 15.9. The highest BCUT2D eigenvalue weighted by molar-refractivity contribution is 6.32. The first-order valence-corrected chi connectivity index (χ1v) is 31.6. The van der Waals surface area contributed by atoms with Crippen LogP contribution in [-0.2, 0) is 0 Å². The Hall–Kier alpha value is -11.9. The SMILES string of the molecule is c1ccc(-c2cc(-c3cccc(-c4cccc(-c5ccc6c7c(c8ccccc8c6c5)-c5cccc6c(-c8ccc(-c9ccc%10oc%11ccccc%11c%10c9)cc8)ccc-7c56)c4)c3)cc3cc(-c4ccc5c6c(cccc46)-c4ccc6ccccc6c4-5)ccc23)cc1. The number of fused-ring (bicyclic) bond motifs is 17. The predicted octanol–water partition coefficient (Wildman–Crippen LogP) is 25.5. The molecule has 0 amide bonds. The molecular weight excluding hydrogens is 1100 g/mol. The smallest absolute Gasteiger partial charge is 0.135 e. The van der Waals surface area contributed by atoms with Crippen LogP contribution in [0.1, 0.15) is 0 Å². The fourth-order valence-electron chi connectivity index (χ4n) is 15.9. The Morgan fingerprint density at radius 2 is 0.615 bits per heavy atom. The maximum atomic E-state index is 6.16. The van der Waals surface area contributed by atoms with Gasteiger partial charge in [-0.3, -0.25) is 0 Å². The number of hydrogen-bond acceptors (Lipinski definition) is 1. The number of hydrogen-bond donors (Lipinski definition) is 0. The van der Waals surface area contributed by atoms with Gasteiger partial charge in [-0.2, -0.15) is 0 Å². The molecule has 2 aliphatic rings. The molecule has 0 saturated heterocycles. The molecule has 0 bridgehead atoms. The average Bonchev–Trinajstić information content (AvgIpc) is 1.66. The zero-order valence-electron chi connectivity index (χ0n) is 49.4. The van der Waals surface area contributed by atoms with Crippen LogP contribution in [0.3, 0.4) is 0 Å². The molecule has 0 atom stereocenters. The lowest BCUT2D eigenvalue weighted by Gasteiger charge is -2.15. The quantitative estimate of drug-likeness (QED) is 0.145. The lowest BCUT2D eigenvalue weighted by molar-refractivity contribution is 0.669. The molecular formula is C90H52O. The van der Waals surface area contributed by atoms with Crippen LogP contribution in [0.2, 0.25) is 0 Å². The molecule has 0 fully saturated rings. The number of furan rings is 1. The summed E-state index contributed by atoms with van der Waals surface area (Å²) in [7, 11) is 0. The molecule has 1 heteroatoms. The molecule has 1 aromatic heterocycles. The van der Waals surface area contributed by atoms with Gasteiger partial charge in [-0.05, 0) is 242 Å². The molecule has 1 nitrogen and oxygen atoms in total. The van der Waals surface area contributed by atoms with Crippen LogP contribution in [0.4, 0.5) is 0 Å². The molecule has 0 aliphatic heterocycles. The molecule has 1 heterocycles. The Morgan fingerprint density at radius 1 is 0.154 bits per heavy atom. The maximum absolute atomic E-state index is 6.16. The molecule has 91 heavy (non-hydrogen) atoms. The second kappa shape index (κ2) is 19.3. The van der Waals surface area contributed by atoms with E-state index in [0.29, 0.717) is 0 Å². The van der Waals surface area contributed by atoms with Crippen molar-refractivity contribution < 1.29 is 4.42 Å². The van der Waals surface area contributed by atoms with Gasteiger partial charge in [0.1, 0.15) is 11.2 Å². The maximum Gasteiger partial charge on any atom is 0.135 e. The summed E-state index contributed by atoms with van der Waals surface area (Å²) in [5.74, 6) is 0. The van der Waals surface area contributed by atoms with Gasteiger partial charge in [-0.25, -0.2) is 0 Å². The van der Waals surface area contributed by atoms with Gasteiger partial charge in [0, 0.05) is 10.8 Å². The van der Waals surface area contributed by atoms with E-state index in [1.54, 1.807) is 0 Å². The first kappa shape index (κ1) is 50.1. The van der Waals surface area contributed by atoms with Gasteiger partial charge in [-0.1, -0.05) is 261 Å². The van der Waals surface area contributed by atoms with E-state index >= 15 is 0 Å². The Kier molecular flexibility index (Phi) is 10.6. The number of para-hydroxylation sites is 1. The zero-order valence-corrected chi connectivity index (χ0v) is 49.4. The van der Waals surface area contributed by atoms with Crippen molar-refractivity contribution in [3.8, 4) is 122 Å². The van der Waals surface area contributed by atoms with E-state index in [0.717, 1.165) is 21.9 Å². The molecule has 0 N–H and O–H groups in total. The Labute approximate surface area is 525 Å². The molecule has 0 spiro atoms. The largest absolute Gasteiger partial charge is 0.456 e. The van der Waals surface area contributed by atoms with Crippen molar-refractivity contribution in [3.05, 3.63) is 315 Å². The lowest BCUT2D eigenvalue weighted by Crippen LogP contribution is -1.89. The van der Waals surface area contributed by atoms with Crippen molar-refractivity contribution >= 4 is 86.6 Å². The van der Waals surface area contributed by atoms with Crippen LogP contribution in [0.15, 0.2) is 320 Å². The minimum atomic E-state index is 0.914. The normalized spacial score (nSPS) is 12.2. The van der Waals surface area contributed by atoms with E-state index in [4.69, 9.17) is 4.42 Å². The highest BCUT2D eigenvalue weighted by Gasteiger charge is 2.29. The number of rotatable bonds is 7. The Bertz CT molecular complexity index is 6180. The van der Waals surface area contributed by atoms with E-state index < -0.39 is 0 Å². The van der Waals surface area contributed by atoms with Gasteiger partial charge < -0.3 is 4.42 Å². The molecule has 2 aliphatic carbocycles. The Balaban J connectivity index is 0.653. The zero-order chi connectivity index (χ0) is 59.4. The average molecular weight is 1150 g/mol. The van der Waals surface area contributed by atoms with Gasteiger partial charge in [-0.15, -0.1) is 0 Å². The van der Waals surface area contributed by atoms with E-state index in [2.05, 4.69) is 303 Å². The summed E-state index contributed by atoms with van der Waals surface area (Å²) < 4.78 is 6.16. The fraction of sp³-hybridized carbons (Fsp3) is 0. The van der Waals surface area contributed by atoms with Crippen LogP contribution >= 0.6 is 0 Å². The highest BCUT2D eigenvalue weighted by Crippen LogP contribution is 2.56. The summed E-state index contributed by atoms with van der Waals surface area (Å²) in [6, 6.07) is 118. The molecule has 18 aromatic rings. The van der Waals surface area contributed by atoms with E-state index in [9.17, 15) is 0 Å². The lowest BCUT2D eigenvalue weighted by atomic mass is 9.88. The van der Waals surface area contributed by atoms with Crippen LogP contribution in [0.25, 0.3) is 209 Å². The topological polar surface area (TPSA) is 13.1 Å². The van der Waals surface area contributed by atoms with Crippen LogP contribution < -0.4 is 0 Å². The Morgan fingerprint density at radius 3 is 1.40 bits per heavy atom. The first-order valence-electron chi connectivity index (χ1n) is 31.6. The molecule has 20 rings (SSSR count). The third-order valence-electron chi connectivity index (χ3n) is 20.1. The third kappa shape index (κ3) is 7.53. The molecule has 0 unspecified atom stereocenters. The van der Waals surface area contributed by atoms with Crippen LogP contribution in [0.5, 0.6) is 0 Å². The van der Waals surface area contributed by atoms with Gasteiger partial charge >= 0.3 is 0 Å². The second-order valence-electron chi connectivity index (χ2n) is 24.9. The summed E-state index contributed by atoms with van der Waals surface area (Å²) in [6.07, 6.45) is 0. The van der Waals surface area contributed by atoms with Crippen molar-refractivity contribution in [1.82, 2.24) is 0 Å². The van der Waals surface area contributed by atoms with Crippen LogP contribution in [0, 0.1) is 0 Å². The summed E-state index contributed by atoms with van der Waals surface area (Å²) in [5, 5.41) is 17.7. The summed E-state index contributed by atoms with van der Waals surface area (Å²) in [6.45, 7) is 0. The van der Waals surface area contributed by atoms with Gasteiger partial charge in [0.25, 0.3) is 0 Å². The van der Waals surface area contributed by atoms with E-state index in [1.807, 2.05) is 12.1 Å². The van der Waals surface area contributed by atoms with E-state index in [-0.39, 0.29) is 0 Å². The summed E-state index contributed by atoms with van der Waals surface area (Å²) >= 11 is 0. The number of benzene rings is 17.